The third-order valence-electron chi connectivity index (χ3n) is 5.27. The Labute approximate surface area is 224 Å². The standard InChI is InChI=1S/C23H35N9O7/c24-13(10-17(25)33)19(35)31-15(9-12-5-2-1-3-6-12)20(36)32-16(11-18(26)34)21(37)30-14(22(38)39)7-4-8-29-23(27)28/h1-3,5-6,13-16H,4,7-11,24H2,(H2,25,33)(H2,26,34)(H,30,37)(H,31,35)(H,32,36)(H,38,39)(H4,27,28,29)/t13-,14-,15-,16-/m0/s1. The summed E-state index contributed by atoms with van der Waals surface area (Å²) in [5.41, 5.74) is 27.1. The van der Waals surface area contributed by atoms with Crippen LogP contribution in [0, 0.1) is 0 Å². The van der Waals surface area contributed by atoms with Crippen molar-refractivity contribution in [1.82, 2.24) is 16.0 Å². The lowest BCUT2D eigenvalue weighted by atomic mass is 10.0. The predicted octanol–water partition coefficient (Wildman–Crippen LogP) is -4.10. The predicted molar refractivity (Wildman–Crippen MR) is 139 cm³/mol. The van der Waals surface area contributed by atoms with E-state index in [1.165, 1.54) is 0 Å². The number of hydrogen-bond acceptors (Lipinski definition) is 8. The summed E-state index contributed by atoms with van der Waals surface area (Å²) in [6.07, 6.45) is -1.03. The zero-order valence-electron chi connectivity index (χ0n) is 21.2. The van der Waals surface area contributed by atoms with Gasteiger partial charge in [0, 0.05) is 13.0 Å². The summed E-state index contributed by atoms with van der Waals surface area (Å²) in [7, 11) is 0. The zero-order chi connectivity index (χ0) is 29.5. The van der Waals surface area contributed by atoms with E-state index in [2.05, 4.69) is 20.9 Å². The molecule has 0 aromatic heterocycles. The van der Waals surface area contributed by atoms with Gasteiger partial charge in [-0.05, 0) is 18.4 Å². The van der Waals surface area contributed by atoms with Crippen molar-refractivity contribution in [1.29, 1.82) is 0 Å². The first-order chi connectivity index (χ1) is 18.3. The molecule has 0 saturated carbocycles. The maximum Gasteiger partial charge on any atom is 0.326 e. The van der Waals surface area contributed by atoms with Gasteiger partial charge in [0.1, 0.15) is 18.1 Å². The van der Waals surface area contributed by atoms with Gasteiger partial charge >= 0.3 is 5.97 Å². The summed E-state index contributed by atoms with van der Waals surface area (Å²) < 4.78 is 0. The molecule has 0 heterocycles. The molecule has 1 rings (SSSR count). The highest BCUT2D eigenvalue weighted by Gasteiger charge is 2.31. The highest BCUT2D eigenvalue weighted by atomic mass is 16.4. The molecule has 0 saturated heterocycles. The molecule has 0 fully saturated rings. The Balaban J connectivity index is 3.07. The summed E-state index contributed by atoms with van der Waals surface area (Å²) in [4.78, 5) is 76.7. The molecule has 39 heavy (non-hydrogen) atoms. The SMILES string of the molecule is NC(=O)C[C@H](NC(=O)[C@H](Cc1ccccc1)NC(=O)[C@@H](N)CC(N)=O)C(=O)N[C@@H](CCCN=C(N)N)C(=O)O. The fraction of sp³-hybridized carbons (Fsp3) is 0.435. The van der Waals surface area contributed by atoms with Crippen LogP contribution in [0.15, 0.2) is 35.3 Å². The van der Waals surface area contributed by atoms with Crippen molar-refractivity contribution in [3.05, 3.63) is 35.9 Å². The molecule has 5 amide bonds. The molecule has 0 aliphatic rings. The normalized spacial score (nSPS) is 13.6. The quantitative estimate of drug-likeness (QED) is 0.0513. The first-order valence-corrected chi connectivity index (χ1v) is 11.9. The monoisotopic (exact) mass is 549 g/mol. The van der Waals surface area contributed by atoms with Gasteiger partial charge in [0.25, 0.3) is 0 Å². The van der Waals surface area contributed by atoms with Crippen LogP contribution in [-0.2, 0) is 35.2 Å². The average molecular weight is 550 g/mol. The third-order valence-corrected chi connectivity index (χ3v) is 5.27. The maximum atomic E-state index is 13.2. The van der Waals surface area contributed by atoms with Crippen molar-refractivity contribution in [2.45, 2.75) is 56.3 Å². The lowest BCUT2D eigenvalue weighted by molar-refractivity contribution is -0.142. The Kier molecular flexibility index (Phi) is 13.4. The molecule has 0 aliphatic heterocycles. The van der Waals surface area contributed by atoms with E-state index in [1.54, 1.807) is 30.3 Å². The van der Waals surface area contributed by atoms with Gasteiger partial charge in [-0.15, -0.1) is 0 Å². The zero-order valence-corrected chi connectivity index (χ0v) is 21.2. The van der Waals surface area contributed by atoms with Crippen molar-refractivity contribution in [2.75, 3.05) is 6.54 Å². The van der Waals surface area contributed by atoms with Crippen LogP contribution in [0.2, 0.25) is 0 Å². The second kappa shape index (κ2) is 16.2. The highest BCUT2D eigenvalue weighted by Crippen LogP contribution is 2.06. The number of nitrogens with zero attached hydrogens (tertiary/aromatic N) is 1. The van der Waals surface area contributed by atoms with Crippen molar-refractivity contribution in [2.24, 2.45) is 33.7 Å². The molecule has 0 bridgehead atoms. The van der Waals surface area contributed by atoms with Gasteiger partial charge in [0.05, 0.1) is 18.9 Å². The maximum absolute atomic E-state index is 13.2. The minimum Gasteiger partial charge on any atom is -0.480 e. The molecule has 16 nitrogen and oxygen atoms in total. The Bertz CT molecular complexity index is 1060. The van der Waals surface area contributed by atoms with Crippen LogP contribution in [0.5, 0.6) is 0 Å². The number of aliphatic imine (C=N–C) groups is 1. The van der Waals surface area contributed by atoms with E-state index < -0.39 is 72.5 Å². The molecule has 214 valence electrons. The van der Waals surface area contributed by atoms with Gasteiger partial charge in [-0.25, -0.2) is 4.79 Å². The van der Waals surface area contributed by atoms with E-state index in [0.717, 1.165) is 0 Å². The Hall–Kier alpha value is -4.73. The Morgan fingerprint density at radius 2 is 1.31 bits per heavy atom. The molecule has 1 aromatic carbocycles. The number of nitrogens with two attached hydrogens (primary N) is 5. The van der Waals surface area contributed by atoms with Crippen LogP contribution in [-0.4, -0.2) is 77.3 Å². The first-order valence-electron chi connectivity index (χ1n) is 11.9. The molecule has 0 aliphatic carbocycles. The number of aliphatic carboxylic acids is 1. The molecular formula is C23H35N9O7. The van der Waals surface area contributed by atoms with Gasteiger partial charge in [-0.3, -0.25) is 29.0 Å². The molecule has 1 aromatic rings. The second-order valence-electron chi connectivity index (χ2n) is 8.61. The van der Waals surface area contributed by atoms with Gasteiger partial charge in [-0.1, -0.05) is 30.3 Å². The van der Waals surface area contributed by atoms with Crippen molar-refractivity contribution in [3.63, 3.8) is 0 Å². The van der Waals surface area contributed by atoms with E-state index in [1.807, 2.05) is 0 Å². The van der Waals surface area contributed by atoms with E-state index >= 15 is 0 Å². The van der Waals surface area contributed by atoms with Crippen LogP contribution >= 0.6 is 0 Å². The van der Waals surface area contributed by atoms with Gasteiger partial charge in [0.2, 0.25) is 29.5 Å². The van der Waals surface area contributed by atoms with Crippen LogP contribution in [0.3, 0.4) is 0 Å². The number of carboxylic acid groups (broad SMARTS) is 1. The number of guanidine groups is 1. The topological polar surface area (TPSA) is 301 Å². The Morgan fingerprint density at radius 1 is 0.769 bits per heavy atom. The minimum absolute atomic E-state index is 0.0465. The molecule has 14 N–H and O–H groups in total. The number of carbonyl (C=O) groups is 6. The van der Waals surface area contributed by atoms with Crippen LogP contribution in [0.25, 0.3) is 0 Å². The summed E-state index contributed by atoms with van der Waals surface area (Å²) in [5.74, 6) is -6.07. The fourth-order valence-corrected chi connectivity index (χ4v) is 3.36. The summed E-state index contributed by atoms with van der Waals surface area (Å²) >= 11 is 0. The van der Waals surface area contributed by atoms with Gasteiger partial charge in [0.15, 0.2) is 5.96 Å². The fourth-order valence-electron chi connectivity index (χ4n) is 3.36. The van der Waals surface area contributed by atoms with E-state index in [4.69, 9.17) is 28.7 Å². The number of carboxylic acids is 1. The number of benzene rings is 1. The van der Waals surface area contributed by atoms with E-state index in [-0.39, 0.29) is 31.8 Å². The van der Waals surface area contributed by atoms with Gasteiger partial charge < -0.3 is 49.7 Å². The molecule has 0 spiro atoms. The van der Waals surface area contributed by atoms with Crippen molar-refractivity contribution in [3.8, 4) is 0 Å². The molecule has 4 atom stereocenters. The number of primary amides is 2. The largest absolute Gasteiger partial charge is 0.480 e. The highest BCUT2D eigenvalue weighted by molar-refractivity contribution is 5.96. The lowest BCUT2D eigenvalue weighted by Crippen LogP contribution is -2.58. The number of amides is 5. The molecule has 16 heteroatoms. The first kappa shape index (κ1) is 32.3. The summed E-state index contributed by atoms with van der Waals surface area (Å²) in [5, 5.41) is 16.5. The number of nitrogens with one attached hydrogen (secondary N) is 3. The smallest absolute Gasteiger partial charge is 0.326 e. The summed E-state index contributed by atoms with van der Waals surface area (Å²) in [6.45, 7) is 0.113. The molecular weight excluding hydrogens is 514 g/mol. The summed E-state index contributed by atoms with van der Waals surface area (Å²) in [6, 6.07) is 2.93. The second-order valence-corrected chi connectivity index (χ2v) is 8.61. The van der Waals surface area contributed by atoms with E-state index in [9.17, 15) is 33.9 Å². The molecule has 0 radical (unpaired) electrons. The molecule has 0 unspecified atom stereocenters. The lowest BCUT2D eigenvalue weighted by Gasteiger charge is -2.25. The number of carbonyl (C=O) groups excluding carboxylic acids is 5. The van der Waals surface area contributed by atoms with Crippen LogP contribution in [0.4, 0.5) is 0 Å². The van der Waals surface area contributed by atoms with Gasteiger partial charge in [-0.2, -0.15) is 0 Å². The van der Waals surface area contributed by atoms with Crippen molar-refractivity contribution < 1.29 is 33.9 Å². The number of rotatable bonds is 17. The average Bonchev–Trinajstić information content (AvgIpc) is 2.84. The van der Waals surface area contributed by atoms with E-state index in [0.29, 0.717) is 5.56 Å². The van der Waals surface area contributed by atoms with Crippen LogP contribution < -0.4 is 44.6 Å². The minimum atomic E-state index is -1.57. The number of hydrogen-bond donors (Lipinski definition) is 9. The van der Waals surface area contributed by atoms with Crippen molar-refractivity contribution >= 4 is 41.5 Å². The Morgan fingerprint density at radius 3 is 1.85 bits per heavy atom. The van der Waals surface area contributed by atoms with Crippen LogP contribution in [0.1, 0.15) is 31.2 Å². The third kappa shape index (κ3) is 12.9.